The fourth-order valence-electron chi connectivity index (χ4n) is 4.14. The van der Waals surface area contributed by atoms with E-state index in [2.05, 4.69) is 18.2 Å². The van der Waals surface area contributed by atoms with Gasteiger partial charge in [-0.2, -0.15) is 0 Å². The summed E-state index contributed by atoms with van der Waals surface area (Å²) >= 11 is 1.87. The molecule has 0 radical (unpaired) electrons. The predicted molar refractivity (Wildman–Crippen MR) is 139 cm³/mol. The van der Waals surface area contributed by atoms with E-state index in [1.807, 2.05) is 49.0 Å². The Morgan fingerprint density at radius 3 is 2.40 bits per heavy atom. The smallest absolute Gasteiger partial charge is 0.339 e. The maximum absolute atomic E-state index is 12.0. The van der Waals surface area contributed by atoms with Crippen LogP contribution in [0, 0.1) is 0 Å². The first-order valence-electron chi connectivity index (χ1n) is 12.4. The normalized spacial score (nSPS) is 15.0. The second-order valence-corrected chi connectivity index (χ2v) is 9.98. The molecule has 3 aromatic rings. The zero-order chi connectivity index (χ0) is 24.3. The molecule has 1 aliphatic rings. The monoisotopic (exact) mass is 498 g/mol. The zero-order valence-corrected chi connectivity index (χ0v) is 21.1. The van der Waals surface area contributed by atoms with Gasteiger partial charge in [0.05, 0.1) is 50.6 Å². The summed E-state index contributed by atoms with van der Waals surface area (Å²) in [5, 5.41) is 1.46. The Hall–Kier alpha value is -2.32. The molecule has 7 heteroatoms. The average molecular weight is 499 g/mol. The lowest BCUT2D eigenvalue weighted by Crippen LogP contribution is -2.13. The molecule has 1 heterocycles. The van der Waals surface area contributed by atoms with Crippen molar-refractivity contribution in [3.63, 3.8) is 0 Å². The summed E-state index contributed by atoms with van der Waals surface area (Å²) in [6.07, 6.45) is 5.15. The zero-order valence-electron chi connectivity index (χ0n) is 20.3. The standard InChI is InChI=1S/C28H34O6S/c1-21(22-7-3-2-4-8-22)32-17-15-30-13-14-31-16-18-33-26-20-28(29)34-27-19-24(11-12-25(26)27)35-23-9-5-6-10-23/h2-4,7-8,11-12,19-21,23H,5-6,9-10,13-18H2,1H3. The van der Waals surface area contributed by atoms with Gasteiger partial charge in [-0.15, -0.1) is 11.8 Å². The van der Waals surface area contributed by atoms with Crippen molar-refractivity contribution in [1.82, 2.24) is 0 Å². The third-order valence-electron chi connectivity index (χ3n) is 6.00. The molecule has 1 saturated carbocycles. The highest BCUT2D eigenvalue weighted by molar-refractivity contribution is 8.00. The van der Waals surface area contributed by atoms with E-state index >= 15 is 0 Å². The van der Waals surface area contributed by atoms with Gasteiger partial charge in [-0.1, -0.05) is 43.2 Å². The van der Waals surface area contributed by atoms with Gasteiger partial charge in [-0.3, -0.25) is 0 Å². The first-order valence-corrected chi connectivity index (χ1v) is 13.3. The van der Waals surface area contributed by atoms with Crippen LogP contribution >= 0.6 is 11.8 Å². The van der Waals surface area contributed by atoms with E-state index in [1.165, 1.54) is 31.7 Å². The molecule has 6 nitrogen and oxygen atoms in total. The molecule has 0 amide bonds. The molecule has 0 saturated heterocycles. The van der Waals surface area contributed by atoms with Gasteiger partial charge in [0, 0.05) is 10.1 Å². The van der Waals surface area contributed by atoms with Crippen LogP contribution in [0.25, 0.3) is 11.0 Å². The molecule has 1 aromatic heterocycles. The highest BCUT2D eigenvalue weighted by Crippen LogP contribution is 2.36. The lowest BCUT2D eigenvalue weighted by molar-refractivity contribution is -0.00952. The second kappa shape index (κ2) is 13.7. The third kappa shape index (κ3) is 8.10. The van der Waals surface area contributed by atoms with Crippen LogP contribution in [0.4, 0.5) is 0 Å². The highest BCUT2D eigenvalue weighted by atomic mass is 32.2. The van der Waals surface area contributed by atoms with Crippen molar-refractivity contribution in [2.24, 2.45) is 0 Å². The van der Waals surface area contributed by atoms with Crippen LogP contribution in [0.1, 0.15) is 44.3 Å². The fourth-order valence-corrected chi connectivity index (χ4v) is 5.42. The lowest BCUT2D eigenvalue weighted by Gasteiger charge is -2.13. The number of thioether (sulfide) groups is 1. The van der Waals surface area contributed by atoms with Crippen molar-refractivity contribution in [3.05, 3.63) is 70.6 Å². The molecule has 1 unspecified atom stereocenters. The van der Waals surface area contributed by atoms with E-state index < -0.39 is 5.63 Å². The maximum Gasteiger partial charge on any atom is 0.339 e. The Bertz CT molecular complexity index is 1090. The minimum atomic E-state index is -0.409. The molecule has 0 aliphatic heterocycles. The number of ether oxygens (including phenoxy) is 4. The summed E-state index contributed by atoms with van der Waals surface area (Å²) in [4.78, 5) is 13.2. The number of hydrogen-bond donors (Lipinski definition) is 0. The molecule has 188 valence electrons. The molecule has 1 aliphatic carbocycles. The first-order chi connectivity index (χ1) is 17.2. The molecule has 2 aromatic carbocycles. The molecule has 1 atom stereocenters. The van der Waals surface area contributed by atoms with Gasteiger partial charge in [0.1, 0.15) is 17.9 Å². The van der Waals surface area contributed by atoms with Crippen LogP contribution in [0.15, 0.2) is 68.7 Å². The van der Waals surface area contributed by atoms with Crippen LogP contribution < -0.4 is 10.4 Å². The number of hydrogen-bond acceptors (Lipinski definition) is 7. The average Bonchev–Trinajstić information content (AvgIpc) is 3.38. The molecular weight excluding hydrogens is 464 g/mol. The Morgan fingerprint density at radius 1 is 0.914 bits per heavy atom. The minimum Gasteiger partial charge on any atom is -0.490 e. The first kappa shape index (κ1) is 25.8. The van der Waals surface area contributed by atoms with Crippen LogP contribution in [0.5, 0.6) is 5.75 Å². The van der Waals surface area contributed by atoms with Gasteiger partial charge < -0.3 is 23.4 Å². The SMILES string of the molecule is CC(OCCOCCOCCOc1cc(=O)oc2cc(SC3CCCC3)ccc12)c1ccccc1. The Morgan fingerprint density at radius 2 is 1.63 bits per heavy atom. The lowest BCUT2D eigenvalue weighted by atomic mass is 10.1. The molecule has 0 bridgehead atoms. The van der Waals surface area contributed by atoms with Gasteiger partial charge in [0.15, 0.2) is 0 Å². The van der Waals surface area contributed by atoms with Gasteiger partial charge in [0.2, 0.25) is 0 Å². The summed E-state index contributed by atoms with van der Waals surface area (Å²) < 4.78 is 28.2. The maximum atomic E-state index is 12.0. The van der Waals surface area contributed by atoms with Gasteiger partial charge in [-0.25, -0.2) is 4.79 Å². The molecule has 0 spiro atoms. The fraction of sp³-hybridized carbons (Fsp3) is 0.464. The van der Waals surface area contributed by atoms with Crippen LogP contribution in [0.3, 0.4) is 0 Å². The van der Waals surface area contributed by atoms with Gasteiger partial charge in [-0.05, 0) is 43.5 Å². The van der Waals surface area contributed by atoms with E-state index in [4.69, 9.17) is 23.4 Å². The quantitative estimate of drug-likeness (QED) is 0.199. The van der Waals surface area contributed by atoms with Gasteiger partial charge in [0.25, 0.3) is 0 Å². The third-order valence-corrected chi connectivity index (χ3v) is 7.34. The molecule has 1 fully saturated rings. The van der Waals surface area contributed by atoms with E-state index in [0.717, 1.165) is 15.8 Å². The van der Waals surface area contributed by atoms with E-state index in [9.17, 15) is 4.79 Å². The van der Waals surface area contributed by atoms with E-state index in [1.54, 1.807) is 0 Å². The molecule has 4 rings (SSSR count). The van der Waals surface area contributed by atoms with E-state index in [-0.39, 0.29) is 6.10 Å². The van der Waals surface area contributed by atoms with Crippen LogP contribution in [-0.4, -0.2) is 44.9 Å². The minimum absolute atomic E-state index is 0.0438. The summed E-state index contributed by atoms with van der Waals surface area (Å²) in [6, 6.07) is 17.5. The molecule has 35 heavy (non-hydrogen) atoms. The Kier molecular flexibility index (Phi) is 10.1. The topological polar surface area (TPSA) is 67.1 Å². The number of rotatable bonds is 14. The van der Waals surface area contributed by atoms with Crippen molar-refractivity contribution >= 4 is 22.7 Å². The van der Waals surface area contributed by atoms with Gasteiger partial charge >= 0.3 is 5.63 Å². The van der Waals surface area contributed by atoms with E-state index in [0.29, 0.717) is 56.2 Å². The van der Waals surface area contributed by atoms with Crippen molar-refractivity contribution in [1.29, 1.82) is 0 Å². The molecular formula is C28H34O6S. The van der Waals surface area contributed by atoms with Crippen molar-refractivity contribution in [3.8, 4) is 5.75 Å². The van der Waals surface area contributed by atoms with Crippen molar-refractivity contribution < 1.29 is 23.4 Å². The van der Waals surface area contributed by atoms with Crippen molar-refractivity contribution in [2.45, 2.75) is 48.9 Å². The highest BCUT2D eigenvalue weighted by Gasteiger charge is 2.17. The summed E-state index contributed by atoms with van der Waals surface area (Å²) in [6.45, 7) is 4.79. The number of fused-ring (bicyclic) bond motifs is 1. The van der Waals surface area contributed by atoms with Crippen LogP contribution in [-0.2, 0) is 14.2 Å². The second-order valence-electron chi connectivity index (χ2n) is 8.61. The van der Waals surface area contributed by atoms with Crippen LogP contribution in [0.2, 0.25) is 0 Å². The summed E-state index contributed by atoms with van der Waals surface area (Å²) in [7, 11) is 0. The Balaban J connectivity index is 1.12. The molecule has 0 N–H and O–H groups in total. The number of benzene rings is 2. The largest absolute Gasteiger partial charge is 0.490 e. The predicted octanol–water partition coefficient (Wildman–Crippen LogP) is 6.02. The Labute approximate surface area is 210 Å². The summed E-state index contributed by atoms with van der Waals surface area (Å²) in [5.74, 6) is 0.526. The summed E-state index contributed by atoms with van der Waals surface area (Å²) in [5.41, 5.74) is 1.31. The van der Waals surface area contributed by atoms with Crippen molar-refractivity contribution in [2.75, 3.05) is 39.6 Å².